The minimum Gasteiger partial charge on any atom is -0.497 e. The standard InChI is InChI=1S/C22H25N3O4S2.C21H23N3O4S2/c1-16-6-4-5-7-18(16)19-15-30-22(23-19)24-10-12-25(13-11-24)31(26,27)21-9-8-17(28-2)14-20(21)29-3;1-27-17-8-9-20(19(14-17)28-2)30(25,26)24-12-10-23(11-13-24)21-22-18(15-29-21)16-6-4-3-5-7-16/h4-9,14-15H,10-13H2,1-3H3;3-9,14-15H,10-13H2,1-2H3. The maximum absolute atomic E-state index is 13.2. The molecule has 2 saturated heterocycles. The highest BCUT2D eigenvalue weighted by Crippen LogP contribution is 2.35. The van der Waals surface area contributed by atoms with Crippen LogP contribution in [0.2, 0.25) is 0 Å². The van der Waals surface area contributed by atoms with Gasteiger partial charge in [-0.15, -0.1) is 22.7 Å². The van der Waals surface area contributed by atoms with Crippen LogP contribution in [0.3, 0.4) is 0 Å². The van der Waals surface area contributed by atoms with E-state index in [2.05, 4.69) is 34.2 Å². The number of aromatic nitrogens is 2. The van der Waals surface area contributed by atoms with Gasteiger partial charge >= 0.3 is 0 Å². The molecular formula is C43H48N6O8S4. The van der Waals surface area contributed by atoms with Crippen LogP contribution in [0, 0.1) is 6.92 Å². The largest absolute Gasteiger partial charge is 0.497 e. The molecule has 0 N–H and O–H groups in total. The first-order valence-electron chi connectivity index (χ1n) is 19.4. The van der Waals surface area contributed by atoms with Crippen LogP contribution in [-0.4, -0.2) is 116 Å². The number of ether oxygens (including phenoxy) is 4. The van der Waals surface area contributed by atoms with E-state index < -0.39 is 20.0 Å². The molecule has 2 aliphatic rings. The topological polar surface area (TPSA) is 144 Å². The lowest BCUT2D eigenvalue weighted by molar-refractivity contribution is 0.369. The summed E-state index contributed by atoms with van der Waals surface area (Å²) in [5, 5.41) is 5.92. The second kappa shape index (κ2) is 19.2. The Hall–Kier alpha value is -5.24. The second-order valence-corrected chi connectivity index (χ2v) is 19.5. The van der Waals surface area contributed by atoms with E-state index in [9.17, 15) is 16.8 Å². The van der Waals surface area contributed by atoms with Gasteiger partial charge in [0.2, 0.25) is 20.0 Å². The number of piperazine rings is 2. The summed E-state index contributed by atoms with van der Waals surface area (Å²) in [7, 11) is -1.35. The average Bonchev–Trinajstić information content (AvgIpc) is 4.01. The van der Waals surface area contributed by atoms with Gasteiger partial charge in [0.15, 0.2) is 10.3 Å². The molecule has 0 saturated carbocycles. The Morgan fingerprint density at radius 1 is 0.525 bits per heavy atom. The zero-order chi connectivity index (χ0) is 43.1. The molecule has 2 fully saturated rings. The molecule has 4 aromatic carbocycles. The predicted octanol–water partition coefficient (Wildman–Crippen LogP) is 6.98. The second-order valence-electron chi connectivity index (χ2n) is 14.0. The Labute approximate surface area is 365 Å². The molecule has 0 aliphatic carbocycles. The zero-order valence-corrected chi connectivity index (χ0v) is 37.8. The van der Waals surface area contributed by atoms with Crippen molar-refractivity contribution in [2.45, 2.75) is 16.7 Å². The van der Waals surface area contributed by atoms with Gasteiger partial charge in [-0.1, -0.05) is 54.6 Å². The van der Waals surface area contributed by atoms with Crippen molar-refractivity contribution in [2.24, 2.45) is 0 Å². The first-order chi connectivity index (χ1) is 29.5. The lowest BCUT2D eigenvalue weighted by atomic mass is 10.1. The Morgan fingerprint density at radius 3 is 1.43 bits per heavy atom. The van der Waals surface area contributed by atoms with Crippen LogP contribution in [0.1, 0.15) is 5.56 Å². The highest BCUT2D eigenvalue weighted by atomic mass is 32.2. The molecular weight excluding hydrogens is 857 g/mol. The Balaban J connectivity index is 0.000000184. The zero-order valence-electron chi connectivity index (χ0n) is 34.6. The van der Waals surface area contributed by atoms with E-state index in [1.54, 1.807) is 46.9 Å². The van der Waals surface area contributed by atoms with Crippen LogP contribution in [-0.2, 0) is 20.0 Å². The number of hydrogen-bond donors (Lipinski definition) is 0. The number of methoxy groups -OCH3 is 4. The van der Waals surface area contributed by atoms with Crippen molar-refractivity contribution in [1.82, 2.24) is 18.6 Å². The summed E-state index contributed by atoms with van der Waals surface area (Å²) in [4.78, 5) is 14.1. The van der Waals surface area contributed by atoms with E-state index in [-0.39, 0.29) is 21.3 Å². The molecule has 14 nitrogen and oxygen atoms in total. The maximum atomic E-state index is 13.2. The molecule has 4 heterocycles. The lowest BCUT2D eigenvalue weighted by Crippen LogP contribution is -2.48. The van der Waals surface area contributed by atoms with Crippen molar-refractivity contribution in [2.75, 3.05) is 90.6 Å². The number of rotatable bonds is 12. The molecule has 61 heavy (non-hydrogen) atoms. The number of benzene rings is 4. The van der Waals surface area contributed by atoms with Gasteiger partial charge in [-0.2, -0.15) is 8.61 Å². The van der Waals surface area contributed by atoms with Gasteiger partial charge in [-0.05, 0) is 36.8 Å². The molecule has 6 aromatic rings. The highest BCUT2D eigenvalue weighted by Gasteiger charge is 2.33. The van der Waals surface area contributed by atoms with E-state index in [0.717, 1.165) is 32.8 Å². The summed E-state index contributed by atoms with van der Waals surface area (Å²) < 4.78 is 76.7. The van der Waals surface area contributed by atoms with Crippen molar-refractivity contribution >= 4 is 53.0 Å². The van der Waals surface area contributed by atoms with Crippen LogP contribution in [0.4, 0.5) is 10.3 Å². The number of hydrogen-bond acceptors (Lipinski definition) is 14. The highest BCUT2D eigenvalue weighted by molar-refractivity contribution is 7.89. The van der Waals surface area contributed by atoms with Crippen molar-refractivity contribution < 1.29 is 35.8 Å². The fraction of sp³-hybridized carbons (Fsp3) is 0.302. The first kappa shape index (κ1) is 43.8. The SMILES string of the molecule is COc1ccc(S(=O)(=O)N2CCN(c3nc(-c4ccccc4)cs3)CC2)c(OC)c1.COc1ccc(S(=O)(=O)N2CCN(c3nc(-c4ccccc4C)cs3)CC2)c(OC)c1. The van der Waals surface area contributed by atoms with Crippen molar-refractivity contribution in [3.05, 3.63) is 107 Å². The average molecular weight is 905 g/mol. The summed E-state index contributed by atoms with van der Waals surface area (Å²) in [5.74, 6) is 1.66. The smallest absolute Gasteiger partial charge is 0.246 e. The van der Waals surface area contributed by atoms with E-state index in [4.69, 9.17) is 28.9 Å². The van der Waals surface area contributed by atoms with Gasteiger partial charge in [-0.25, -0.2) is 26.8 Å². The van der Waals surface area contributed by atoms with Gasteiger partial charge in [0, 0.05) is 86.4 Å². The Kier molecular flexibility index (Phi) is 13.8. The quantitative estimate of drug-likeness (QED) is 0.125. The third kappa shape index (κ3) is 9.64. The van der Waals surface area contributed by atoms with E-state index in [1.807, 2.05) is 47.8 Å². The van der Waals surface area contributed by atoms with Gasteiger partial charge in [0.1, 0.15) is 32.8 Å². The first-order valence-corrected chi connectivity index (χ1v) is 24.1. The molecule has 0 amide bonds. The predicted molar refractivity (Wildman–Crippen MR) is 241 cm³/mol. The van der Waals surface area contributed by atoms with Crippen LogP contribution in [0.25, 0.3) is 22.5 Å². The summed E-state index contributed by atoms with van der Waals surface area (Å²) in [6.45, 7) is 5.95. The minimum absolute atomic E-state index is 0.153. The third-order valence-electron chi connectivity index (χ3n) is 10.5. The lowest BCUT2D eigenvalue weighted by Gasteiger charge is -2.34. The molecule has 322 valence electrons. The van der Waals surface area contributed by atoms with Gasteiger partial charge in [0.05, 0.1) is 39.8 Å². The molecule has 0 atom stereocenters. The minimum atomic E-state index is -3.67. The molecule has 2 aliphatic heterocycles. The number of sulfonamides is 2. The summed E-state index contributed by atoms with van der Waals surface area (Å²) in [6, 6.07) is 27.7. The van der Waals surface area contributed by atoms with Gasteiger partial charge in [0.25, 0.3) is 0 Å². The molecule has 8 rings (SSSR count). The monoisotopic (exact) mass is 904 g/mol. The van der Waals surface area contributed by atoms with Crippen molar-refractivity contribution in [3.8, 4) is 45.5 Å². The van der Waals surface area contributed by atoms with Crippen LogP contribution < -0.4 is 28.7 Å². The number of thiazole rings is 2. The fourth-order valence-electron chi connectivity index (χ4n) is 7.04. The molecule has 0 spiro atoms. The summed E-state index contributed by atoms with van der Waals surface area (Å²) >= 11 is 3.17. The molecule has 0 radical (unpaired) electrons. The van der Waals surface area contributed by atoms with Crippen LogP contribution >= 0.6 is 22.7 Å². The molecule has 0 unspecified atom stereocenters. The number of nitrogens with zero attached hydrogens (tertiary/aromatic N) is 6. The summed E-state index contributed by atoms with van der Waals surface area (Å²) in [5.41, 5.74) is 5.28. The van der Waals surface area contributed by atoms with Crippen LogP contribution in [0.15, 0.2) is 112 Å². The Morgan fingerprint density at radius 2 is 0.967 bits per heavy atom. The van der Waals surface area contributed by atoms with Crippen molar-refractivity contribution in [1.29, 1.82) is 0 Å². The van der Waals surface area contributed by atoms with Gasteiger partial charge < -0.3 is 28.7 Å². The fourth-order valence-corrected chi connectivity index (χ4v) is 11.9. The molecule has 2 aromatic heterocycles. The maximum Gasteiger partial charge on any atom is 0.246 e. The number of anilines is 2. The normalized spacial score (nSPS) is 15.2. The third-order valence-corrected chi connectivity index (χ3v) is 16.1. The van der Waals surface area contributed by atoms with E-state index >= 15 is 0 Å². The Bertz CT molecular complexity index is 2640. The molecule has 18 heteroatoms. The van der Waals surface area contributed by atoms with E-state index in [0.29, 0.717) is 63.9 Å². The summed E-state index contributed by atoms with van der Waals surface area (Å²) in [6.07, 6.45) is 0. The van der Waals surface area contributed by atoms with E-state index in [1.165, 1.54) is 54.7 Å². The molecule has 0 bridgehead atoms. The van der Waals surface area contributed by atoms with Crippen molar-refractivity contribution in [3.63, 3.8) is 0 Å². The number of aryl methyl sites for hydroxylation is 1. The van der Waals surface area contributed by atoms with Crippen LogP contribution in [0.5, 0.6) is 23.0 Å². The van der Waals surface area contributed by atoms with Gasteiger partial charge in [-0.3, -0.25) is 0 Å².